The zero-order valence-corrected chi connectivity index (χ0v) is 9.37. The average molecular weight is 212 g/mol. The summed E-state index contributed by atoms with van der Waals surface area (Å²) < 4.78 is 5.50. The van der Waals surface area contributed by atoms with Gasteiger partial charge in [-0.3, -0.25) is 4.79 Å². The van der Waals surface area contributed by atoms with E-state index in [0.29, 0.717) is 18.6 Å². The van der Waals surface area contributed by atoms with Crippen molar-refractivity contribution in [3.8, 4) is 0 Å². The van der Waals surface area contributed by atoms with Crippen molar-refractivity contribution >= 4 is 5.91 Å². The molecule has 0 aromatic heterocycles. The van der Waals surface area contributed by atoms with Crippen molar-refractivity contribution in [1.82, 2.24) is 10.2 Å². The highest BCUT2D eigenvalue weighted by Crippen LogP contribution is 2.17. The van der Waals surface area contributed by atoms with Crippen molar-refractivity contribution in [3.05, 3.63) is 0 Å². The standard InChI is InChI=1S/C11H20N2O2/c1-13(9-7-12-8-9)11(14)5-4-10-3-2-6-15-10/h9-10,12H,2-8H2,1H3. The molecule has 2 aliphatic rings. The number of hydrogen-bond donors (Lipinski definition) is 1. The summed E-state index contributed by atoms with van der Waals surface area (Å²) in [7, 11) is 1.91. The van der Waals surface area contributed by atoms with Gasteiger partial charge in [0.15, 0.2) is 0 Å². The van der Waals surface area contributed by atoms with Crippen LogP contribution in [0.25, 0.3) is 0 Å². The van der Waals surface area contributed by atoms with E-state index in [0.717, 1.165) is 39.0 Å². The van der Waals surface area contributed by atoms with Crippen LogP contribution in [0.15, 0.2) is 0 Å². The Morgan fingerprint density at radius 2 is 2.33 bits per heavy atom. The van der Waals surface area contributed by atoms with E-state index in [9.17, 15) is 4.79 Å². The molecule has 2 aliphatic heterocycles. The quantitative estimate of drug-likeness (QED) is 0.732. The highest BCUT2D eigenvalue weighted by atomic mass is 16.5. The normalized spacial score (nSPS) is 26.3. The molecular formula is C11H20N2O2. The van der Waals surface area contributed by atoms with E-state index >= 15 is 0 Å². The maximum absolute atomic E-state index is 11.8. The van der Waals surface area contributed by atoms with Crippen molar-refractivity contribution in [3.63, 3.8) is 0 Å². The first-order chi connectivity index (χ1) is 7.27. The molecular weight excluding hydrogens is 192 g/mol. The number of carbonyl (C=O) groups is 1. The molecule has 2 saturated heterocycles. The monoisotopic (exact) mass is 212 g/mol. The minimum absolute atomic E-state index is 0.261. The smallest absolute Gasteiger partial charge is 0.222 e. The highest BCUT2D eigenvalue weighted by Gasteiger charge is 2.26. The summed E-state index contributed by atoms with van der Waals surface area (Å²) in [6, 6.07) is 0.419. The molecule has 0 aromatic rings. The Hall–Kier alpha value is -0.610. The molecule has 2 heterocycles. The Morgan fingerprint density at radius 3 is 2.87 bits per heavy atom. The Kier molecular flexibility index (Phi) is 3.59. The molecule has 0 bridgehead atoms. The number of nitrogens with zero attached hydrogens (tertiary/aromatic N) is 1. The molecule has 15 heavy (non-hydrogen) atoms. The van der Waals surface area contributed by atoms with E-state index in [1.807, 2.05) is 11.9 Å². The molecule has 0 aliphatic carbocycles. The lowest BCUT2D eigenvalue weighted by atomic mass is 10.1. The van der Waals surface area contributed by atoms with Crippen LogP contribution in [0.3, 0.4) is 0 Å². The van der Waals surface area contributed by atoms with Gasteiger partial charge in [0.25, 0.3) is 0 Å². The fourth-order valence-electron chi connectivity index (χ4n) is 2.08. The van der Waals surface area contributed by atoms with Crippen molar-refractivity contribution in [2.75, 3.05) is 26.7 Å². The molecule has 1 unspecified atom stereocenters. The number of nitrogens with one attached hydrogen (secondary N) is 1. The maximum atomic E-state index is 11.8. The van der Waals surface area contributed by atoms with Gasteiger partial charge in [0, 0.05) is 33.2 Å². The highest BCUT2D eigenvalue weighted by molar-refractivity contribution is 5.76. The second-order valence-electron chi connectivity index (χ2n) is 4.49. The maximum Gasteiger partial charge on any atom is 0.222 e. The number of carbonyl (C=O) groups excluding carboxylic acids is 1. The third-order valence-electron chi connectivity index (χ3n) is 3.41. The molecule has 0 spiro atoms. The van der Waals surface area contributed by atoms with Crippen LogP contribution in [0, 0.1) is 0 Å². The summed E-state index contributed by atoms with van der Waals surface area (Å²) in [4.78, 5) is 13.7. The fourth-order valence-corrected chi connectivity index (χ4v) is 2.08. The number of amides is 1. The first-order valence-corrected chi connectivity index (χ1v) is 5.85. The lowest BCUT2D eigenvalue weighted by Gasteiger charge is -2.35. The van der Waals surface area contributed by atoms with Crippen LogP contribution in [0.2, 0.25) is 0 Å². The van der Waals surface area contributed by atoms with Crippen LogP contribution in [-0.4, -0.2) is 49.7 Å². The van der Waals surface area contributed by atoms with Gasteiger partial charge in [-0.2, -0.15) is 0 Å². The van der Waals surface area contributed by atoms with E-state index in [-0.39, 0.29) is 5.91 Å². The van der Waals surface area contributed by atoms with Crippen LogP contribution < -0.4 is 5.32 Å². The number of likely N-dealkylation sites (N-methyl/N-ethyl adjacent to an activating group) is 1. The summed E-state index contributed by atoms with van der Waals surface area (Å²) in [5.41, 5.74) is 0. The van der Waals surface area contributed by atoms with Crippen LogP contribution >= 0.6 is 0 Å². The van der Waals surface area contributed by atoms with E-state index in [1.54, 1.807) is 0 Å². The molecule has 1 atom stereocenters. The number of ether oxygens (including phenoxy) is 1. The van der Waals surface area contributed by atoms with Crippen molar-refractivity contribution in [2.24, 2.45) is 0 Å². The molecule has 0 aromatic carbocycles. The predicted octanol–water partition coefficient (Wildman–Crippen LogP) is 0.376. The molecule has 4 nitrogen and oxygen atoms in total. The topological polar surface area (TPSA) is 41.6 Å². The third-order valence-corrected chi connectivity index (χ3v) is 3.41. The molecule has 4 heteroatoms. The first-order valence-electron chi connectivity index (χ1n) is 5.85. The second-order valence-corrected chi connectivity index (χ2v) is 4.49. The molecule has 2 rings (SSSR count). The largest absolute Gasteiger partial charge is 0.378 e. The van der Waals surface area contributed by atoms with Gasteiger partial charge < -0.3 is 15.0 Å². The zero-order chi connectivity index (χ0) is 10.7. The van der Waals surface area contributed by atoms with Crippen LogP contribution in [-0.2, 0) is 9.53 Å². The zero-order valence-electron chi connectivity index (χ0n) is 9.37. The molecule has 1 amide bonds. The van der Waals surface area contributed by atoms with E-state index in [4.69, 9.17) is 4.74 Å². The van der Waals surface area contributed by atoms with Gasteiger partial charge in [0.05, 0.1) is 12.1 Å². The predicted molar refractivity (Wildman–Crippen MR) is 57.6 cm³/mol. The fraction of sp³-hybridized carbons (Fsp3) is 0.909. The van der Waals surface area contributed by atoms with Gasteiger partial charge in [-0.15, -0.1) is 0 Å². The lowest BCUT2D eigenvalue weighted by molar-refractivity contribution is -0.133. The Labute approximate surface area is 91.0 Å². The summed E-state index contributed by atoms with van der Waals surface area (Å²) in [5.74, 6) is 0.261. The molecule has 0 radical (unpaired) electrons. The molecule has 0 saturated carbocycles. The van der Waals surface area contributed by atoms with Gasteiger partial charge in [0.1, 0.15) is 0 Å². The first kappa shape index (κ1) is 10.9. The van der Waals surface area contributed by atoms with Gasteiger partial charge in [-0.1, -0.05) is 0 Å². The van der Waals surface area contributed by atoms with E-state index in [1.165, 1.54) is 0 Å². The number of hydrogen-bond acceptors (Lipinski definition) is 3. The summed E-state index contributed by atoms with van der Waals surface area (Å²) in [5, 5.41) is 3.18. The van der Waals surface area contributed by atoms with Crippen LogP contribution in [0.1, 0.15) is 25.7 Å². The Bertz CT molecular complexity index is 223. The Balaban J connectivity index is 1.66. The SMILES string of the molecule is CN(C(=O)CCC1CCCO1)C1CNC1. The molecule has 2 fully saturated rings. The van der Waals surface area contributed by atoms with Gasteiger partial charge >= 0.3 is 0 Å². The van der Waals surface area contributed by atoms with Gasteiger partial charge in [0.2, 0.25) is 5.91 Å². The minimum Gasteiger partial charge on any atom is -0.378 e. The van der Waals surface area contributed by atoms with E-state index < -0.39 is 0 Å². The summed E-state index contributed by atoms with van der Waals surface area (Å²) >= 11 is 0. The molecule has 86 valence electrons. The van der Waals surface area contributed by atoms with Gasteiger partial charge in [-0.05, 0) is 19.3 Å². The van der Waals surface area contributed by atoms with Gasteiger partial charge in [-0.25, -0.2) is 0 Å². The second kappa shape index (κ2) is 4.94. The summed E-state index contributed by atoms with van der Waals surface area (Å²) in [6.07, 6.45) is 4.14. The van der Waals surface area contributed by atoms with Crippen LogP contribution in [0.4, 0.5) is 0 Å². The lowest BCUT2D eigenvalue weighted by Crippen LogP contribution is -2.57. The van der Waals surface area contributed by atoms with Crippen LogP contribution in [0.5, 0.6) is 0 Å². The average Bonchev–Trinajstić information content (AvgIpc) is 2.63. The van der Waals surface area contributed by atoms with Crippen molar-refractivity contribution in [1.29, 1.82) is 0 Å². The summed E-state index contributed by atoms with van der Waals surface area (Å²) in [6.45, 7) is 2.77. The minimum atomic E-state index is 0.261. The molecule has 1 N–H and O–H groups in total. The van der Waals surface area contributed by atoms with Crippen molar-refractivity contribution in [2.45, 2.75) is 37.8 Å². The van der Waals surface area contributed by atoms with Crippen molar-refractivity contribution < 1.29 is 9.53 Å². The number of rotatable bonds is 4. The van der Waals surface area contributed by atoms with E-state index in [2.05, 4.69) is 5.32 Å². The third kappa shape index (κ3) is 2.69. The Morgan fingerprint density at radius 1 is 1.53 bits per heavy atom.